The molecule has 0 aromatic carbocycles. The SMILES string of the molecule is O.O.O.[Na+].[Na+].[Na+].[Na+].[Na+].[Na+].[Na+].[Na+].[Na+].[Na+].[Na+].[Na+].[O-]B([O-])[O-].[O-]B([O-])[O-].[O-]B([O-])[O-].[O-]B([O-])[O-]. The van der Waals surface area contributed by atoms with Gasteiger partial charge in [-0.05, 0) is 0 Å². The maximum absolute atomic E-state index is 8.42. The Morgan fingerprint density at radius 2 is 0.194 bits per heavy atom. The van der Waals surface area contributed by atoms with Gasteiger partial charge in [-0.25, -0.2) is 0 Å². The van der Waals surface area contributed by atoms with Crippen molar-refractivity contribution in [1.82, 2.24) is 0 Å². The molecule has 0 aliphatic rings. The van der Waals surface area contributed by atoms with Crippen molar-refractivity contribution in [3.63, 3.8) is 0 Å². The fourth-order valence-corrected chi connectivity index (χ4v) is 0. The minimum absolute atomic E-state index is 0. The molecule has 6 N–H and O–H groups in total. The first-order valence-corrected chi connectivity index (χ1v) is 2.83. The van der Waals surface area contributed by atoms with Crippen molar-refractivity contribution in [2.75, 3.05) is 0 Å². The fraction of sp³-hybridized carbons (Fsp3) is 0. The normalized spacial score (nSPS) is 3.48. The molecule has 31 heavy (non-hydrogen) atoms. The summed E-state index contributed by atoms with van der Waals surface area (Å²) >= 11 is 0. The van der Waals surface area contributed by atoms with Crippen molar-refractivity contribution in [3.05, 3.63) is 0 Å². The summed E-state index contributed by atoms with van der Waals surface area (Å²) in [6, 6.07) is 0. The van der Waals surface area contributed by atoms with Crippen LogP contribution in [0.1, 0.15) is 0 Å². The first-order chi connectivity index (χ1) is 6.93. The second-order valence-corrected chi connectivity index (χ2v) is 1.15. The Labute approximate surface area is 448 Å². The molecule has 0 aliphatic carbocycles. The second kappa shape index (κ2) is 123. The van der Waals surface area contributed by atoms with Crippen molar-refractivity contribution < 1.29 is 431 Å². The van der Waals surface area contributed by atoms with Gasteiger partial charge in [-0.1, -0.05) is 0 Å². The van der Waals surface area contributed by atoms with E-state index in [0.717, 1.165) is 0 Å². The summed E-state index contributed by atoms with van der Waals surface area (Å²) in [5.41, 5.74) is 0. The van der Waals surface area contributed by atoms with Crippen LogP contribution in [0.5, 0.6) is 0 Å². The standard InChI is InChI=1S/4BO3.12Na.3H2O/c4*2-1(3)4;;;;;;;;;;;;;;;/h;;;;;;;;;;;;;;;;3*1H2/q4*-3;12*+1;;;. The predicted octanol–water partition coefficient (Wildman–Crippen LogP) is -54.2. The average Bonchev–Trinajstić information content (AvgIpc) is 1.76. The minimum atomic E-state index is -2.92. The van der Waals surface area contributed by atoms with Gasteiger partial charge in [-0.2, -0.15) is 0 Å². The zero-order chi connectivity index (χ0) is 14.3. The molecule has 120 valence electrons. The van der Waals surface area contributed by atoms with Gasteiger partial charge < -0.3 is 76.7 Å². The van der Waals surface area contributed by atoms with E-state index in [0.29, 0.717) is 0 Å². The first-order valence-electron chi connectivity index (χ1n) is 2.83. The topological polar surface area (TPSA) is 371 Å². The van der Waals surface area contributed by atoms with Gasteiger partial charge in [0, 0.05) is 0 Å². The third kappa shape index (κ3) is 482. The van der Waals surface area contributed by atoms with Gasteiger partial charge in [0.2, 0.25) is 0 Å². The van der Waals surface area contributed by atoms with Gasteiger partial charge in [0.05, 0.1) is 0 Å². The van der Waals surface area contributed by atoms with E-state index in [2.05, 4.69) is 0 Å². The van der Waals surface area contributed by atoms with E-state index in [1.54, 1.807) is 0 Å². The van der Waals surface area contributed by atoms with Crippen LogP contribution in [0.15, 0.2) is 0 Å². The third-order valence-corrected chi connectivity index (χ3v) is 0. The predicted molar refractivity (Wildman–Crippen MR) is 33.9 cm³/mol. The zero-order valence-corrected chi connectivity index (χ0v) is 44.7. The van der Waals surface area contributed by atoms with E-state index < -0.39 is 29.3 Å². The van der Waals surface area contributed by atoms with Gasteiger partial charge in [0.15, 0.2) is 0 Å². The molecule has 0 spiro atoms. The van der Waals surface area contributed by atoms with Crippen LogP contribution in [0.2, 0.25) is 0 Å². The molecule has 0 rings (SSSR count). The molecule has 0 saturated carbocycles. The Morgan fingerprint density at radius 1 is 0.194 bits per heavy atom. The first kappa shape index (κ1) is 132. The molecular formula is H6B4Na12O15. The second-order valence-electron chi connectivity index (χ2n) is 1.15. The van der Waals surface area contributed by atoms with E-state index in [9.17, 15) is 0 Å². The van der Waals surface area contributed by atoms with Crippen molar-refractivity contribution in [2.24, 2.45) is 0 Å². The maximum Gasteiger partial charge on any atom is 1.00 e. The average molecular weight is 565 g/mol. The molecule has 15 nitrogen and oxygen atoms in total. The van der Waals surface area contributed by atoms with Gasteiger partial charge >= 0.3 is 355 Å². The number of hydrogen-bond acceptors (Lipinski definition) is 12. The van der Waals surface area contributed by atoms with Gasteiger partial charge in [0.25, 0.3) is 0 Å². The molecular weight excluding hydrogens is 559 g/mol. The van der Waals surface area contributed by atoms with Crippen LogP contribution in [-0.4, -0.2) is 45.7 Å². The Hall–Kier alpha value is 11.7. The van der Waals surface area contributed by atoms with Gasteiger partial charge in [-0.3, -0.25) is 29.3 Å². The Morgan fingerprint density at radius 3 is 0.194 bits per heavy atom. The Kier molecular flexibility index (Phi) is 525. The van der Waals surface area contributed by atoms with Crippen molar-refractivity contribution in [1.29, 1.82) is 0 Å². The molecule has 31 heteroatoms. The maximum atomic E-state index is 8.42. The fourth-order valence-electron chi connectivity index (χ4n) is 0. The van der Waals surface area contributed by atoms with E-state index in [1.165, 1.54) is 0 Å². The van der Waals surface area contributed by atoms with Crippen molar-refractivity contribution >= 4 is 29.3 Å². The monoisotopic (exact) mass is 566 g/mol. The molecule has 0 saturated heterocycles. The van der Waals surface area contributed by atoms with Crippen LogP contribution in [0.3, 0.4) is 0 Å². The van der Waals surface area contributed by atoms with Crippen LogP contribution in [0.4, 0.5) is 0 Å². The summed E-state index contributed by atoms with van der Waals surface area (Å²) in [4.78, 5) is 0. The quantitative estimate of drug-likeness (QED) is 0.247. The number of rotatable bonds is 0. The Balaban J connectivity index is -0.00000000314. The molecule has 0 heterocycles. The van der Waals surface area contributed by atoms with Crippen molar-refractivity contribution in [2.45, 2.75) is 0 Å². The van der Waals surface area contributed by atoms with Gasteiger partial charge in [-0.15, -0.1) is 0 Å². The largest absolute Gasteiger partial charge is 1.00 e. The molecule has 0 bridgehead atoms. The molecule has 0 aliphatic heterocycles. The molecule has 0 amide bonds. The molecule has 0 fully saturated rings. The van der Waals surface area contributed by atoms with E-state index >= 15 is 0 Å². The summed E-state index contributed by atoms with van der Waals surface area (Å²) in [6.45, 7) is 0. The summed E-state index contributed by atoms with van der Waals surface area (Å²) in [6.07, 6.45) is 0. The van der Waals surface area contributed by atoms with E-state index in [4.69, 9.17) is 60.3 Å². The van der Waals surface area contributed by atoms with Crippen LogP contribution in [0.25, 0.3) is 0 Å². The summed E-state index contributed by atoms with van der Waals surface area (Å²) in [5, 5.41) is 101. The summed E-state index contributed by atoms with van der Waals surface area (Å²) in [5.74, 6) is 0. The molecule has 0 atom stereocenters. The minimum Gasteiger partial charge on any atom is -0.907 e. The zero-order valence-electron chi connectivity index (χ0n) is 20.7. The smallest absolute Gasteiger partial charge is 0.907 e. The number of hydrogen-bond donors (Lipinski definition) is 0. The molecule has 0 aromatic rings. The molecule has 0 unspecified atom stereocenters. The van der Waals surface area contributed by atoms with Crippen LogP contribution in [0, 0.1) is 0 Å². The van der Waals surface area contributed by atoms with Gasteiger partial charge in [0.1, 0.15) is 0 Å². The van der Waals surface area contributed by atoms with Crippen LogP contribution < -0.4 is 415 Å². The van der Waals surface area contributed by atoms with Crippen molar-refractivity contribution in [3.8, 4) is 0 Å². The van der Waals surface area contributed by atoms with Crippen LogP contribution in [-0.2, 0) is 0 Å². The Bertz CT molecular complexity index is 87.0. The van der Waals surface area contributed by atoms with E-state index in [1.807, 2.05) is 0 Å². The van der Waals surface area contributed by atoms with E-state index in [-0.39, 0.29) is 371 Å². The summed E-state index contributed by atoms with van der Waals surface area (Å²) in [7, 11) is -11.7. The van der Waals surface area contributed by atoms with Crippen LogP contribution >= 0.6 is 0 Å². The summed E-state index contributed by atoms with van der Waals surface area (Å²) < 4.78 is 0. The molecule has 0 aromatic heterocycles. The third-order valence-electron chi connectivity index (χ3n) is 0. The molecule has 0 radical (unpaired) electrons.